The lowest BCUT2D eigenvalue weighted by atomic mass is 10.3. The van der Waals surface area contributed by atoms with Crippen LogP contribution in [0.1, 0.15) is 6.92 Å². The van der Waals surface area contributed by atoms with Crippen molar-refractivity contribution < 1.29 is 26.7 Å². The van der Waals surface area contributed by atoms with Crippen LogP contribution < -0.4 is 0 Å². The molecule has 0 amide bonds. The molecule has 0 saturated heterocycles. The topological polar surface area (TPSA) is 63.7 Å². The normalized spacial score (nSPS) is 11.4. The standard InChI is InChI=1S/C13H15F2NO4S/c1-3-5-16(9-13(17)20-4-2)21(18,19)12-7-10(14)6-11(15)8-12/h3,6-8H,1,4-5,9H2,2H3. The largest absolute Gasteiger partial charge is 0.465 e. The molecule has 0 radical (unpaired) electrons. The van der Waals surface area contributed by atoms with Crippen LogP contribution in [0.4, 0.5) is 8.78 Å². The van der Waals surface area contributed by atoms with Gasteiger partial charge in [-0.3, -0.25) is 4.79 Å². The van der Waals surface area contributed by atoms with E-state index in [-0.39, 0.29) is 13.2 Å². The maximum absolute atomic E-state index is 13.2. The monoisotopic (exact) mass is 319 g/mol. The van der Waals surface area contributed by atoms with Gasteiger partial charge in [-0.15, -0.1) is 6.58 Å². The van der Waals surface area contributed by atoms with E-state index >= 15 is 0 Å². The highest BCUT2D eigenvalue weighted by atomic mass is 32.2. The van der Waals surface area contributed by atoms with E-state index in [1.165, 1.54) is 6.08 Å². The van der Waals surface area contributed by atoms with Crippen molar-refractivity contribution >= 4 is 16.0 Å². The molecular formula is C13H15F2NO4S. The van der Waals surface area contributed by atoms with Crippen LogP contribution in [0.15, 0.2) is 35.7 Å². The maximum Gasteiger partial charge on any atom is 0.321 e. The van der Waals surface area contributed by atoms with Gasteiger partial charge in [0.15, 0.2) is 0 Å². The molecule has 116 valence electrons. The Labute approximate surface area is 121 Å². The van der Waals surface area contributed by atoms with E-state index < -0.39 is 39.1 Å². The summed E-state index contributed by atoms with van der Waals surface area (Å²) >= 11 is 0. The van der Waals surface area contributed by atoms with Crippen LogP contribution in [-0.2, 0) is 19.6 Å². The van der Waals surface area contributed by atoms with Gasteiger partial charge in [0.1, 0.15) is 18.2 Å². The first-order valence-corrected chi connectivity index (χ1v) is 7.48. The number of ether oxygens (including phenoxy) is 1. The number of nitrogens with zero attached hydrogens (tertiary/aromatic N) is 1. The predicted molar refractivity (Wildman–Crippen MR) is 71.9 cm³/mol. The van der Waals surface area contributed by atoms with Crippen LogP contribution >= 0.6 is 0 Å². The third kappa shape index (κ3) is 4.61. The van der Waals surface area contributed by atoms with Gasteiger partial charge in [-0.1, -0.05) is 6.08 Å². The van der Waals surface area contributed by atoms with Crippen molar-refractivity contribution in [3.63, 3.8) is 0 Å². The van der Waals surface area contributed by atoms with Gasteiger partial charge in [-0.05, 0) is 19.1 Å². The Balaban J connectivity index is 3.14. The molecule has 0 unspecified atom stereocenters. The summed E-state index contributed by atoms with van der Waals surface area (Å²) in [5, 5.41) is 0. The van der Waals surface area contributed by atoms with E-state index in [2.05, 4.69) is 11.3 Å². The summed E-state index contributed by atoms with van der Waals surface area (Å²) in [6.07, 6.45) is 1.26. The van der Waals surface area contributed by atoms with Crippen molar-refractivity contribution in [1.82, 2.24) is 4.31 Å². The highest BCUT2D eigenvalue weighted by Gasteiger charge is 2.27. The summed E-state index contributed by atoms with van der Waals surface area (Å²) < 4.78 is 56.3. The minimum atomic E-state index is -4.24. The van der Waals surface area contributed by atoms with Crippen molar-refractivity contribution in [2.45, 2.75) is 11.8 Å². The number of carbonyl (C=O) groups is 1. The highest BCUT2D eigenvalue weighted by molar-refractivity contribution is 7.89. The number of benzene rings is 1. The van der Waals surface area contributed by atoms with Gasteiger partial charge in [-0.2, -0.15) is 4.31 Å². The fraction of sp³-hybridized carbons (Fsp3) is 0.308. The molecule has 0 N–H and O–H groups in total. The van der Waals surface area contributed by atoms with Crippen LogP contribution in [0.2, 0.25) is 0 Å². The summed E-state index contributed by atoms with van der Waals surface area (Å²) in [7, 11) is -4.24. The van der Waals surface area contributed by atoms with Crippen molar-refractivity contribution in [1.29, 1.82) is 0 Å². The van der Waals surface area contributed by atoms with Gasteiger partial charge >= 0.3 is 5.97 Å². The maximum atomic E-state index is 13.2. The van der Waals surface area contributed by atoms with Crippen LogP contribution in [-0.4, -0.2) is 38.4 Å². The van der Waals surface area contributed by atoms with Crippen LogP contribution in [0.5, 0.6) is 0 Å². The Hall–Kier alpha value is -1.80. The van der Waals surface area contributed by atoms with Gasteiger partial charge in [0.2, 0.25) is 10.0 Å². The van der Waals surface area contributed by atoms with E-state index in [1.54, 1.807) is 6.92 Å². The van der Waals surface area contributed by atoms with Crippen molar-refractivity contribution in [3.05, 3.63) is 42.5 Å². The predicted octanol–water partition coefficient (Wildman–Crippen LogP) is 1.70. The number of hydrogen-bond donors (Lipinski definition) is 0. The molecule has 0 aromatic heterocycles. The van der Waals surface area contributed by atoms with Gasteiger partial charge in [0.05, 0.1) is 11.5 Å². The van der Waals surface area contributed by atoms with E-state index in [1.807, 2.05) is 0 Å². The zero-order chi connectivity index (χ0) is 16.0. The lowest BCUT2D eigenvalue weighted by Crippen LogP contribution is -2.36. The smallest absolute Gasteiger partial charge is 0.321 e. The second kappa shape index (κ2) is 7.28. The molecule has 0 heterocycles. The van der Waals surface area contributed by atoms with E-state index in [0.717, 1.165) is 4.31 Å². The number of sulfonamides is 1. The quantitative estimate of drug-likeness (QED) is 0.567. The summed E-state index contributed by atoms with van der Waals surface area (Å²) in [5.41, 5.74) is 0. The highest BCUT2D eigenvalue weighted by Crippen LogP contribution is 2.18. The average Bonchev–Trinajstić information content (AvgIpc) is 2.37. The molecule has 0 bridgehead atoms. The Kier molecular flexibility index (Phi) is 5.98. The molecule has 1 rings (SSSR count). The molecule has 1 aromatic carbocycles. The minimum absolute atomic E-state index is 0.0927. The van der Waals surface area contributed by atoms with Crippen molar-refractivity contribution in [3.8, 4) is 0 Å². The zero-order valence-electron chi connectivity index (χ0n) is 11.4. The number of esters is 1. The number of hydrogen-bond acceptors (Lipinski definition) is 4. The molecule has 0 fully saturated rings. The van der Waals surface area contributed by atoms with E-state index in [4.69, 9.17) is 0 Å². The molecule has 1 aromatic rings. The molecule has 5 nitrogen and oxygen atoms in total. The fourth-order valence-electron chi connectivity index (χ4n) is 1.57. The Bertz CT molecular complexity index is 611. The molecule has 8 heteroatoms. The first kappa shape index (κ1) is 17.3. The minimum Gasteiger partial charge on any atom is -0.465 e. The Morgan fingerprint density at radius 2 is 1.90 bits per heavy atom. The molecule has 0 aliphatic heterocycles. The zero-order valence-corrected chi connectivity index (χ0v) is 12.2. The molecule has 0 saturated carbocycles. The number of rotatable bonds is 7. The van der Waals surface area contributed by atoms with E-state index in [0.29, 0.717) is 18.2 Å². The summed E-state index contributed by atoms with van der Waals surface area (Å²) in [4.78, 5) is 10.9. The lowest BCUT2D eigenvalue weighted by Gasteiger charge is -2.19. The molecule has 0 spiro atoms. The van der Waals surface area contributed by atoms with Crippen molar-refractivity contribution in [2.24, 2.45) is 0 Å². The Morgan fingerprint density at radius 1 is 1.33 bits per heavy atom. The van der Waals surface area contributed by atoms with Crippen LogP contribution in [0.3, 0.4) is 0 Å². The van der Waals surface area contributed by atoms with Gasteiger partial charge < -0.3 is 4.74 Å². The molecule has 21 heavy (non-hydrogen) atoms. The average molecular weight is 319 g/mol. The number of carbonyl (C=O) groups excluding carboxylic acids is 1. The van der Waals surface area contributed by atoms with E-state index in [9.17, 15) is 22.0 Å². The second-order valence-electron chi connectivity index (χ2n) is 4.00. The molecular weight excluding hydrogens is 304 g/mol. The number of halogens is 2. The summed E-state index contributed by atoms with van der Waals surface area (Å²) in [5.74, 6) is -2.81. The molecule has 0 aliphatic carbocycles. The molecule has 0 atom stereocenters. The lowest BCUT2D eigenvalue weighted by molar-refractivity contribution is -0.143. The third-order valence-electron chi connectivity index (χ3n) is 2.42. The van der Waals surface area contributed by atoms with Gasteiger partial charge in [0, 0.05) is 12.6 Å². The first-order chi connectivity index (χ1) is 9.81. The fourth-order valence-corrected chi connectivity index (χ4v) is 2.97. The Morgan fingerprint density at radius 3 is 2.38 bits per heavy atom. The third-order valence-corrected chi connectivity index (χ3v) is 4.21. The summed E-state index contributed by atoms with van der Waals surface area (Å²) in [6.45, 7) is 4.29. The van der Waals surface area contributed by atoms with Crippen LogP contribution in [0, 0.1) is 11.6 Å². The van der Waals surface area contributed by atoms with Crippen molar-refractivity contribution in [2.75, 3.05) is 19.7 Å². The second-order valence-corrected chi connectivity index (χ2v) is 5.93. The summed E-state index contributed by atoms with van der Waals surface area (Å²) in [6, 6.07) is 1.92. The first-order valence-electron chi connectivity index (χ1n) is 6.04. The van der Waals surface area contributed by atoms with Gasteiger partial charge in [-0.25, -0.2) is 17.2 Å². The van der Waals surface area contributed by atoms with Gasteiger partial charge in [0.25, 0.3) is 0 Å². The molecule has 0 aliphatic rings. The SMILES string of the molecule is C=CCN(CC(=O)OCC)S(=O)(=O)c1cc(F)cc(F)c1. The van der Waals surface area contributed by atoms with Crippen LogP contribution in [0.25, 0.3) is 0 Å².